The minimum Gasteiger partial charge on any atom is -0.444 e. The van der Waals surface area contributed by atoms with Crippen LogP contribution in [0.15, 0.2) is 0 Å². The number of hydrogen-bond donors (Lipinski definition) is 1. The van der Waals surface area contributed by atoms with Crippen molar-refractivity contribution >= 4 is 6.09 Å². The predicted octanol–water partition coefficient (Wildman–Crippen LogP) is 2.37. The van der Waals surface area contributed by atoms with Gasteiger partial charge >= 0.3 is 6.09 Å². The second-order valence-electron chi connectivity index (χ2n) is 6.73. The second kappa shape index (κ2) is 5.08. The maximum Gasteiger partial charge on any atom is 0.410 e. The zero-order valence-electron chi connectivity index (χ0n) is 11.8. The SMILES string of the molecule is CC(C)(C)OC(=O)N1CCC2CCCC(N)C2C1. The van der Waals surface area contributed by atoms with Crippen molar-refractivity contribution in [1.82, 2.24) is 4.90 Å². The van der Waals surface area contributed by atoms with Crippen LogP contribution in [0.25, 0.3) is 0 Å². The van der Waals surface area contributed by atoms with E-state index >= 15 is 0 Å². The lowest BCUT2D eigenvalue weighted by Gasteiger charge is -2.44. The number of carbonyl (C=O) groups excluding carboxylic acids is 1. The quantitative estimate of drug-likeness (QED) is 0.722. The number of fused-ring (bicyclic) bond motifs is 1. The van der Waals surface area contributed by atoms with E-state index in [1.165, 1.54) is 12.8 Å². The summed E-state index contributed by atoms with van der Waals surface area (Å²) in [5.41, 5.74) is 5.79. The van der Waals surface area contributed by atoms with Gasteiger partial charge in [0, 0.05) is 19.1 Å². The molecule has 1 amide bonds. The average molecular weight is 254 g/mol. The van der Waals surface area contributed by atoms with Gasteiger partial charge in [-0.25, -0.2) is 4.79 Å². The lowest BCUT2D eigenvalue weighted by molar-refractivity contribution is 0.00300. The number of nitrogens with zero attached hydrogens (tertiary/aromatic N) is 1. The van der Waals surface area contributed by atoms with E-state index in [0.29, 0.717) is 11.8 Å². The van der Waals surface area contributed by atoms with Gasteiger partial charge < -0.3 is 15.4 Å². The number of ether oxygens (including phenoxy) is 1. The molecule has 4 heteroatoms. The normalized spacial score (nSPS) is 32.9. The van der Waals surface area contributed by atoms with E-state index in [0.717, 1.165) is 25.9 Å². The van der Waals surface area contributed by atoms with Crippen LogP contribution in [0, 0.1) is 11.8 Å². The fraction of sp³-hybridized carbons (Fsp3) is 0.929. The van der Waals surface area contributed by atoms with Crippen LogP contribution in [0.3, 0.4) is 0 Å². The summed E-state index contributed by atoms with van der Waals surface area (Å²) in [4.78, 5) is 13.9. The van der Waals surface area contributed by atoms with Gasteiger partial charge in [0.25, 0.3) is 0 Å². The van der Waals surface area contributed by atoms with Crippen LogP contribution < -0.4 is 5.73 Å². The Balaban J connectivity index is 1.94. The molecule has 1 saturated heterocycles. The summed E-state index contributed by atoms with van der Waals surface area (Å²) < 4.78 is 5.44. The summed E-state index contributed by atoms with van der Waals surface area (Å²) in [6.45, 7) is 7.32. The number of nitrogens with two attached hydrogens (primary N) is 1. The molecule has 2 fully saturated rings. The minimum absolute atomic E-state index is 0.182. The van der Waals surface area contributed by atoms with Gasteiger partial charge in [0.2, 0.25) is 0 Å². The van der Waals surface area contributed by atoms with Crippen molar-refractivity contribution in [2.45, 2.75) is 58.1 Å². The Morgan fingerprint density at radius 3 is 2.67 bits per heavy atom. The van der Waals surface area contributed by atoms with Crippen molar-refractivity contribution in [3.63, 3.8) is 0 Å². The minimum atomic E-state index is -0.414. The Bertz CT molecular complexity index is 311. The first-order chi connectivity index (χ1) is 8.37. The second-order valence-corrected chi connectivity index (χ2v) is 6.73. The maximum atomic E-state index is 12.1. The Hall–Kier alpha value is -0.770. The van der Waals surface area contributed by atoms with Crippen LogP contribution in [-0.2, 0) is 4.74 Å². The molecule has 0 aromatic heterocycles. The summed E-state index contributed by atoms with van der Waals surface area (Å²) in [7, 11) is 0. The first kappa shape index (κ1) is 13.7. The van der Waals surface area contributed by atoms with Gasteiger partial charge in [-0.05, 0) is 51.9 Å². The monoisotopic (exact) mass is 254 g/mol. The van der Waals surface area contributed by atoms with E-state index in [4.69, 9.17) is 10.5 Å². The lowest BCUT2D eigenvalue weighted by atomic mass is 9.72. The van der Waals surface area contributed by atoms with E-state index in [-0.39, 0.29) is 12.1 Å². The fourth-order valence-electron chi connectivity index (χ4n) is 3.20. The van der Waals surface area contributed by atoms with Crippen LogP contribution in [0.4, 0.5) is 4.79 Å². The third kappa shape index (κ3) is 3.16. The molecule has 1 aliphatic heterocycles. The largest absolute Gasteiger partial charge is 0.444 e. The molecule has 18 heavy (non-hydrogen) atoms. The summed E-state index contributed by atoms with van der Waals surface area (Å²) in [5.74, 6) is 1.19. The average Bonchev–Trinajstić information content (AvgIpc) is 2.27. The fourth-order valence-corrected chi connectivity index (χ4v) is 3.20. The molecular weight excluding hydrogens is 228 g/mol. The Morgan fingerprint density at radius 2 is 2.00 bits per heavy atom. The highest BCUT2D eigenvalue weighted by molar-refractivity contribution is 5.68. The van der Waals surface area contributed by atoms with Crippen LogP contribution in [0.1, 0.15) is 46.5 Å². The van der Waals surface area contributed by atoms with E-state index in [1.807, 2.05) is 25.7 Å². The van der Waals surface area contributed by atoms with E-state index in [9.17, 15) is 4.79 Å². The summed E-state index contributed by atoms with van der Waals surface area (Å²) in [6.07, 6.45) is 4.52. The zero-order chi connectivity index (χ0) is 13.3. The van der Waals surface area contributed by atoms with Crippen molar-refractivity contribution in [2.24, 2.45) is 17.6 Å². The first-order valence-electron chi connectivity index (χ1n) is 7.10. The third-order valence-electron chi connectivity index (χ3n) is 4.12. The van der Waals surface area contributed by atoms with Gasteiger partial charge in [0.05, 0.1) is 0 Å². The highest BCUT2D eigenvalue weighted by atomic mass is 16.6. The molecular formula is C14H26N2O2. The molecule has 3 unspecified atom stereocenters. The van der Waals surface area contributed by atoms with Gasteiger partial charge in [0.15, 0.2) is 0 Å². The van der Waals surface area contributed by atoms with E-state index in [1.54, 1.807) is 0 Å². The van der Waals surface area contributed by atoms with E-state index < -0.39 is 5.60 Å². The molecule has 2 rings (SSSR count). The molecule has 0 radical (unpaired) electrons. The standard InChI is InChI=1S/C14H26N2O2/c1-14(2,3)18-13(17)16-8-7-10-5-4-6-12(15)11(10)9-16/h10-12H,4-9,15H2,1-3H3. The molecule has 3 atom stereocenters. The molecule has 2 N–H and O–H groups in total. The van der Waals surface area contributed by atoms with Crippen molar-refractivity contribution in [3.8, 4) is 0 Å². The number of hydrogen-bond acceptors (Lipinski definition) is 3. The lowest BCUT2D eigenvalue weighted by Crippen LogP contribution is -2.52. The van der Waals surface area contributed by atoms with Gasteiger partial charge in [-0.2, -0.15) is 0 Å². The molecule has 1 heterocycles. The van der Waals surface area contributed by atoms with Gasteiger partial charge in [-0.1, -0.05) is 6.42 Å². The molecule has 0 bridgehead atoms. The number of piperidine rings is 1. The zero-order valence-corrected chi connectivity index (χ0v) is 11.8. The van der Waals surface area contributed by atoms with Crippen molar-refractivity contribution in [3.05, 3.63) is 0 Å². The Labute approximate surface area is 110 Å². The van der Waals surface area contributed by atoms with Crippen LogP contribution in [-0.4, -0.2) is 35.7 Å². The van der Waals surface area contributed by atoms with Crippen molar-refractivity contribution in [2.75, 3.05) is 13.1 Å². The highest BCUT2D eigenvalue weighted by Crippen LogP contribution is 2.35. The third-order valence-corrected chi connectivity index (χ3v) is 4.12. The molecule has 0 aromatic rings. The molecule has 4 nitrogen and oxygen atoms in total. The first-order valence-corrected chi connectivity index (χ1v) is 7.10. The maximum absolute atomic E-state index is 12.1. The summed E-state index contributed by atoms with van der Waals surface area (Å²) >= 11 is 0. The number of carbonyl (C=O) groups is 1. The topological polar surface area (TPSA) is 55.6 Å². The molecule has 2 aliphatic rings. The number of likely N-dealkylation sites (tertiary alicyclic amines) is 1. The Kier molecular flexibility index (Phi) is 3.85. The summed E-state index contributed by atoms with van der Waals surface area (Å²) in [6, 6.07) is 0.258. The molecule has 0 aromatic carbocycles. The van der Waals surface area contributed by atoms with Crippen LogP contribution in [0.5, 0.6) is 0 Å². The Morgan fingerprint density at radius 1 is 1.28 bits per heavy atom. The summed E-state index contributed by atoms with van der Waals surface area (Å²) in [5, 5.41) is 0. The molecule has 0 spiro atoms. The van der Waals surface area contributed by atoms with Crippen molar-refractivity contribution < 1.29 is 9.53 Å². The molecule has 104 valence electrons. The predicted molar refractivity (Wildman–Crippen MR) is 71.2 cm³/mol. The van der Waals surface area contributed by atoms with Gasteiger partial charge in [0.1, 0.15) is 5.60 Å². The molecule has 1 saturated carbocycles. The number of rotatable bonds is 0. The van der Waals surface area contributed by atoms with Gasteiger partial charge in [-0.15, -0.1) is 0 Å². The van der Waals surface area contributed by atoms with Crippen LogP contribution in [0.2, 0.25) is 0 Å². The number of amides is 1. The van der Waals surface area contributed by atoms with Crippen molar-refractivity contribution in [1.29, 1.82) is 0 Å². The molecule has 1 aliphatic carbocycles. The van der Waals surface area contributed by atoms with Crippen LogP contribution >= 0.6 is 0 Å². The highest BCUT2D eigenvalue weighted by Gasteiger charge is 2.38. The smallest absolute Gasteiger partial charge is 0.410 e. The van der Waals surface area contributed by atoms with Gasteiger partial charge in [-0.3, -0.25) is 0 Å². The van der Waals surface area contributed by atoms with E-state index in [2.05, 4.69) is 0 Å².